The molecule has 5 nitrogen and oxygen atoms in total. The Balaban J connectivity index is 2.33. The van der Waals surface area contributed by atoms with Gasteiger partial charge in [0.1, 0.15) is 0 Å². The van der Waals surface area contributed by atoms with Gasteiger partial charge >= 0.3 is 5.97 Å². The lowest BCUT2D eigenvalue weighted by atomic mass is 10.0. The zero-order valence-electron chi connectivity index (χ0n) is 11.8. The topological polar surface area (TPSA) is 64.4 Å². The highest BCUT2D eigenvalue weighted by Crippen LogP contribution is 2.26. The van der Waals surface area contributed by atoms with Gasteiger partial charge < -0.3 is 9.84 Å². The van der Waals surface area contributed by atoms with Crippen LogP contribution in [0.2, 0.25) is 0 Å². The van der Waals surface area contributed by atoms with Gasteiger partial charge in [0.15, 0.2) is 5.69 Å². The van der Waals surface area contributed by atoms with Crippen LogP contribution in [0.4, 0.5) is 0 Å². The molecule has 0 unspecified atom stereocenters. The van der Waals surface area contributed by atoms with E-state index in [2.05, 4.69) is 5.10 Å². The summed E-state index contributed by atoms with van der Waals surface area (Å²) >= 11 is 0. The summed E-state index contributed by atoms with van der Waals surface area (Å²) in [7, 11) is 1.62. The second-order valence-electron chi connectivity index (χ2n) is 4.56. The summed E-state index contributed by atoms with van der Waals surface area (Å²) in [6, 6.07) is 7.70. The molecule has 1 N–H and O–H groups in total. The van der Waals surface area contributed by atoms with Crippen LogP contribution in [0, 0.1) is 0 Å². The average molecular weight is 274 g/mol. The summed E-state index contributed by atoms with van der Waals surface area (Å²) in [5, 5.41) is 13.2. The first-order valence-corrected chi connectivity index (χ1v) is 6.51. The molecule has 0 saturated heterocycles. The molecular formula is C15H18N2O3. The Bertz CT molecular complexity index is 602. The smallest absolute Gasteiger partial charge is 0.354 e. The fourth-order valence-corrected chi connectivity index (χ4v) is 2.18. The molecule has 0 radical (unpaired) electrons. The summed E-state index contributed by atoms with van der Waals surface area (Å²) in [5.41, 5.74) is 2.71. The third-order valence-electron chi connectivity index (χ3n) is 3.25. The first kappa shape index (κ1) is 14.3. The highest BCUT2D eigenvalue weighted by Gasteiger charge is 2.17. The number of aryl methyl sites for hydroxylation is 1. The molecule has 1 aromatic carbocycles. The van der Waals surface area contributed by atoms with Gasteiger partial charge in [-0.3, -0.25) is 4.68 Å². The number of benzene rings is 1. The van der Waals surface area contributed by atoms with Gasteiger partial charge in [0.2, 0.25) is 0 Å². The van der Waals surface area contributed by atoms with Crippen LogP contribution in [0.15, 0.2) is 30.5 Å². The maximum absolute atomic E-state index is 11.3. The highest BCUT2D eigenvalue weighted by atomic mass is 16.5. The second kappa shape index (κ2) is 5.88. The van der Waals surface area contributed by atoms with Crippen LogP contribution >= 0.6 is 0 Å². The molecule has 0 aliphatic heterocycles. The summed E-state index contributed by atoms with van der Waals surface area (Å²) in [6.45, 7) is 4.61. The Morgan fingerprint density at radius 3 is 2.60 bits per heavy atom. The highest BCUT2D eigenvalue weighted by molar-refractivity contribution is 5.94. The molecule has 106 valence electrons. The lowest BCUT2D eigenvalue weighted by Crippen LogP contribution is -2.06. The third kappa shape index (κ3) is 2.72. The van der Waals surface area contributed by atoms with Crippen LogP contribution in [0.3, 0.4) is 0 Å². The van der Waals surface area contributed by atoms with Crippen molar-refractivity contribution in [2.75, 3.05) is 6.61 Å². The molecule has 0 aliphatic carbocycles. The number of ether oxygens (including phenoxy) is 1. The Labute approximate surface area is 117 Å². The number of carbonyl (C=O) groups is 1. The number of carboxylic acids is 1. The van der Waals surface area contributed by atoms with E-state index in [1.54, 1.807) is 13.2 Å². The quantitative estimate of drug-likeness (QED) is 0.910. The third-order valence-corrected chi connectivity index (χ3v) is 3.25. The minimum absolute atomic E-state index is 0.0295. The molecular weight excluding hydrogens is 256 g/mol. The van der Waals surface area contributed by atoms with Crippen molar-refractivity contribution in [1.82, 2.24) is 9.78 Å². The predicted molar refractivity (Wildman–Crippen MR) is 75.6 cm³/mol. The fourth-order valence-electron chi connectivity index (χ4n) is 2.18. The minimum atomic E-state index is -0.980. The molecule has 2 aromatic rings. The molecule has 2 rings (SSSR count). The van der Waals surface area contributed by atoms with Crippen molar-refractivity contribution < 1.29 is 14.6 Å². The van der Waals surface area contributed by atoms with Gasteiger partial charge in [-0.1, -0.05) is 24.3 Å². The number of aromatic carboxylic acids is 1. The molecule has 0 aliphatic rings. The summed E-state index contributed by atoms with van der Waals surface area (Å²) in [5.74, 6) is -0.980. The molecule has 5 heteroatoms. The fraction of sp³-hybridized carbons (Fsp3) is 0.333. The van der Waals surface area contributed by atoms with Gasteiger partial charge in [-0.2, -0.15) is 5.10 Å². The van der Waals surface area contributed by atoms with Gasteiger partial charge in [-0.15, -0.1) is 0 Å². The summed E-state index contributed by atoms with van der Waals surface area (Å²) < 4.78 is 6.90. The van der Waals surface area contributed by atoms with Gasteiger partial charge in [-0.05, 0) is 25.0 Å². The van der Waals surface area contributed by atoms with Gasteiger partial charge in [0.05, 0.1) is 12.3 Å². The normalized spacial score (nSPS) is 12.3. The first-order chi connectivity index (χ1) is 9.54. The van der Waals surface area contributed by atoms with E-state index in [9.17, 15) is 9.90 Å². The van der Waals surface area contributed by atoms with Gasteiger partial charge in [0.25, 0.3) is 0 Å². The monoisotopic (exact) mass is 274 g/mol. The first-order valence-electron chi connectivity index (χ1n) is 6.51. The average Bonchev–Trinajstić information content (AvgIpc) is 2.81. The van der Waals surface area contributed by atoms with Crippen molar-refractivity contribution in [3.63, 3.8) is 0 Å². The summed E-state index contributed by atoms with van der Waals surface area (Å²) in [6.07, 6.45) is 1.60. The van der Waals surface area contributed by atoms with Gasteiger partial charge in [-0.25, -0.2) is 4.79 Å². The van der Waals surface area contributed by atoms with Crippen LogP contribution < -0.4 is 0 Å². The number of carboxylic acid groups (broad SMARTS) is 1. The van der Waals surface area contributed by atoms with Crippen LogP contribution in [-0.4, -0.2) is 27.5 Å². The summed E-state index contributed by atoms with van der Waals surface area (Å²) in [4.78, 5) is 11.3. The van der Waals surface area contributed by atoms with Crippen molar-refractivity contribution in [3.8, 4) is 11.1 Å². The number of hydrogen-bond acceptors (Lipinski definition) is 3. The molecule has 0 fully saturated rings. The van der Waals surface area contributed by atoms with Crippen LogP contribution in [0.25, 0.3) is 11.1 Å². The molecule has 1 aromatic heterocycles. The van der Waals surface area contributed by atoms with Crippen molar-refractivity contribution in [2.45, 2.75) is 20.0 Å². The second-order valence-corrected chi connectivity index (χ2v) is 4.56. The molecule has 0 spiro atoms. The molecule has 0 saturated carbocycles. The maximum atomic E-state index is 11.3. The Kier molecular flexibility index (Phi) is 4.20. The van der Waals surface area contributed by atoms with Crippen LogP contribution in [0.5, 0.6) is 0 Å². The lowest BCUT2D eigenvalue weighted by molar-refractivity contribution is 0.0685. The number of nitrogens with zero attached hydrogens (tertiary/aromatic N) is 2. The molecule has 20 heavy (non-hydrogen) atoms. The molecule has 0 bridgehead atoms. The standard InChI is InChI=1S/C15H18N2O3/c1-4-20-10(2)11-5-7-12(8-6-11)13-9-16-17(3)14(13)15(18)19/h5-10H,4H2,1-3H3,(H,18,19)/t10-/m0/s1. The number of rotatable bonds is 5. The Morgan fingerprint density at radius 1 is 1.40 bits per heavy atom. The van der Waals surface area contributed by atoms with Crippen molar-refractivity contribution in [2.24, 2.45) is 7.05 Å². The van der Waals surface area contributed by atoms with E-state index in [1.165, 1.54) is 4.68 Å². The van der Waals surface area contributed by atoms with E-state index < -0.39 is 5.97 Å². The largest absolute Gasteiger partial charge is 0.477 e. The predicted octanol–water partition coefficient (Wildman–Crippen LogP) is 2.88. The van der Waals surface area contributed by atoms with E-state index in [0.29, 0.717) is 12.2 Å². The van der Waals surface area contributed by atoms with Crippen molar-refractivity contribution in [1.29, 1.82) is 0 Å². The van der Waals surface area contributed by atoms with E-state index in [1.807, 2.05) is 38.1 Å². The minimum Gasteiger partial charge on any atom is -0.477 e. The van der Waals surface area contributed by atoms with Crippen LogP contribution in [-0.2, 0) is 11.8 Å². The molecule has 1 heterocycles. The zero-order chi connectivity index (χ0) is 14.7. The lowest BCUT2D eigenvalue weighted by Gasteiger charge is -2.12. The van der Waals surface area contributed by atoms with E-state index >= 15 is 0 Å². The molecule has 1 atom stereocenters. The number of hydrogen-bond donors (Lipinski definition) is 1. The van der Waals surface area contributed by atoms with Crippen molar-refractivity contribution >= 4 is 5.97 Å². The van der Waals surface area contributed by atoms with E-state index in [0.717, 1.165) is 11.1 Å². The number of aromatic nitrogens is 2. The zero-order valence-corrected chi connectivity index (χ0v) is 11.8. The van der Waals surface area contributed by atoms with Gasteiger partial charge in [0, 0.05) is 19.2 Å². The maximum Gasteiger partial charge on any atom is 0.354 e. The van der Waals surface area contributed by atoms with Crippen molar-refractivity contribution in [3.05, 3.63) is 41.7 Å². The Morgan fingerprint density at radius 2 is 2.05 bits per heavy atom. The van der Waals surface area contributed by atoms with Crippen LogP contribution in [0.1, 0.15) is 36.0 Å². The molecule has 0 amide bonds. The SMILES string of the molecule is CCO[C@@H](C)c1ccc(-c2cnn(C)c2C(=O)O)cc1. The van der Waals surface area contributed by atoms with E-state index in [4.69, 9.17) is 4.74 Å². The van der Waals surface area contributed by atoms with E-state index in [-0.39, 0.29) is 11.8 Å². The Hall–Kier alpha value is -2.14.